The van der Waals surface area contributed by atoms with E-state index in [-0.39, 0.29) is 11.3 Å². The molecule has 1 aromatic rings. The molecule has 1 saturated heterocycles. The van der Waals surface area contributed by atoms with Gasteiger partial charge in [0.05, 0.1) is 11.8 Å². The normalized spacial score (nSPS) is 25.4. The van der Waals surface area contributed by atoms with E-state index in [0.29, 0.717) is 6.54 Å². The monoisotopic (exact) mass is 222 g/mol. The van der Waals surface area contributed by atoms with E-state index in [9.17, 15) is 9.18 Å². The van der Waals surface area contributed by atoms with E-state index >= 15 is 0 Å². The quantitative estimate of drug-likeness (QED) is 0.776. The highest BCUT2D eigenvalue weighted by molar-refractivity contribution is 6.00. The molecule has 0 aromatic carbocycles. The SMILES string of the molecule is CC1(C(=O)c2ccncc2F)CCCNC1. The number of nitrogens with one attached hydrogen (secondary N) is 1. The largest absolute Gasteiger partial charge is 0.316 e. The zero-order valence-corrected chi connectivity index (χ0v) is 9.29. The van der Waals surface area contributed by atoms with Crippen LogP contribution in [0.15, 0.2) is 18.5 Å². The number of Topliss-reactive ketones (excluding diaryl/α,β-unsaturated/α-hetero) is 1. The smallest absolute Gasteiger partial charge is 0.173 e. The number of piperidine rings is 1. The molecule has 0 amide bonds. The van der Waals surface area contributed by atoms with Crippen LogP contribution in [0.4, 0.5) is 4.39 Å². The van der Waals surface area contributed by atoms with Crippen LogP contribution in [0.2, 0.25) is 0 Å². The number of ketones is 1. The number of pyridine rings is 1. The standard InChI is InChI=1S/C12H15FN2O/c1-12(4-2-5-15-8-12)11(16)9-3-6-14-7-10(9)13/h3,6-7,15H,2,4-5,8H2,1H3. The van der Waals surface area contributed by atoms with Crippen LogP contribution >= 0.6 is 0 Å². The molecule has 1 unspecified atom stereocenters. The molecule has 0 aliphatic carbocycles. The first-order valence-corrected chi connectivity index (χ1v) is 5.48. The van der Waals surface area contributed by atoms with Crippen LogP contribution in [0, 0.1) is 11.2 Å². The van der Waals surface area contributed by atoms with Gasteiger partial charge in [0.2, 0.25) is 0 Å². The predicted molar refractivity (Wildman–Crippen MR) is 58.7 cm³/mol. The highest BCUT2D eigenvalue weighted by atomic mass is 19.1. The molecule has 1 N–H and O–H groups in total. The van der Waals surface area contributed by atoms with Crippen molar-refractivity contribution in [1.82, 2.24) is 10.3 Å². The van der Waals surface area contributed by atoms with Crippen molar-refractivity contribution < 1.29 is 9.18 Å². The summed E-state index contributed by atoms with van der Waals surface area (Å²) in [7, 11) is 0. The van der Waals surface area contributed by atoms with Gasteiger partial charge in [-0.05, 0) is 25.5 Å². The molecule has 1 aliphatic heterocycles. The zero-order chi connectivity index (χ0) is 11.6. The summed E-state index contributed by atoms with van der Waals surface area (Å²) in [6, 6.07) is 1.46. The van der Waals surface area contributed by atoms with E-state index in [1.54, 1.807) is 0 Å². The molecule has 0 bridgehead atoms. The molecule has 1 atom stereocenters. The van der Waals surface area contributed by atoms with Crippen molar-refractivity contribution in [2.45, 2.75) is 19.8 Å². The molecule has 2 rings (SSSR count). The van der Waals surface area contributed by atoms with Gasteiger partial charge in [0, 0.05) is 18.2 Å². The highest BCUT2D eigenvalue weighted by Gasteiger charge is 2.36. The second-order valence-corrected chi connectivity index (χ2v) is 4.53. The van der Waals surface area contributed by atoms with E-state index in [2.05, 4.69) is 10.3 Å². The molecule has 2 heterocycles. The van der Waals surface area contributed by atoms with Crippen LogP contribution in [0.5, 0.6) is 0 Å². The van der Waals surface area contributed by atoms with E-state index in [0.717, 1.165) is 25.6 Å². The third-order valence-corrected chi connectivity index (χ3v) is 3.16. The molecule has 0 radical (unpaired) electrons. The van der Waals surface area contributed by atoms with Crippen LogP contribution in [0.25, 0.3) is 0 Å². The Labute approximate surface area is 94.1 Å². The Kier molecular flexibility index (Phi) is 3.01. The van der Waals surface area contributed by atoms with Crippen molar-refractivity contribution in [1.29, 1.82) is 0 Å². The number of carbonyl (C=O) groups is 1. The molecule has 16 heavy (non-hydrogen) atoms. The molecule has 1 fully saturated rings. The first-order chi connectivity index (χ1) is 7.63. The molecule has 1 aliphatic rings. The number of nitrogens with zero attached hydrogens (tertiary/aromatic N) is 1. The summed E-state index contributed by atoms with van der Waals surface area (Å²) < 4.78 is 13.5. The van der Waals surface area contributed by atoms with E-state index in [1.165, 1.54) is 12.3 Å². The average molecular weight is 222 g/mol. The van der Waals surface area contributed by atoms with Crippen molar-refractivity contribution >= 4 is 5.78 Å². The van der Waals surface area contributed by atoms with Gasteiger partial charge in [-0.25, -0.2) is 4.39 Å². The Morgan fingerprint density at radius 1 is 1.62 bits per heavy atom. The van der Waals surface area contributed by atoms with Crippen molar-refractivity contribution in [3.05, 3.63) is 29.8 Å². The summed E-state index contributed by atoms with van der Waals surface area (Å²) in [5.41, 5.74) is -0.332. The molecule has 3 nitrogen and oxygen atoms in total. The summed E-state index contributed by atoms with van der Waals surface area (Å²) in [5, 5.41) is 3.19. The maximum Gasteiger partial charge on any atom is 0.173 e. The van der Waals surface area contributed by atoms with Gasteiger partial charge >= 0.3 is 0 Å². The van der Waals surface area contributed by atoms with Gasteiger partial charge < -0.3 is 5.32 Å². The zero-order valence-electron chi connectivity index (χ0n) is 9.29. The Morgan fingerprint density at radius 2 is 2.44 bits per heavy atom. The van der Waals surface area contributed by atoms with Crippen LogP contribution in [-0.2, 0) is 0 Å². The van der Waals surface area contributed by atoms with E-state index in [1.807, 2.05) is 6.92 Å². The number of hydrogen-bond donors (Lipinski definition) is 1. The minimum absolute atomic E-state index is 0.125. The summed E-state index contributed by atoms with van der Waals surface area (Å²) in [6.45, 7) is 3.44. The fourth-order valence-corrected chi connectivity index (χ4v) is 2.13. The lowest BCUT2D eigenvalue weighted by Gasteiger charge is -2.32. The summed E-state index contributed by atoms with van der Waals surface area (Å²) in [4.78, 5) is 15.9. The first kappa shape index (κ1) is 11.2. The minimum Gasteiger partial charge on any atom is -0.316 e. The molecule has 1 aromatic heterocycles. The topological polar surface area (TPSA) is 42.0 Å². The Hall–Kier alpha value is -1.29. The number of hydrogen-bond acceptors (Lipinski definition) is 3. The van der Waals surface area contributed by atoms with Crippen molar-refractivity contribution in [2.75, 3.05) is 13.1 Å². The van der Waals surface area contributed by atoms with Gasteiger partial charge in [0.15, 0.2) is 11.6 Å². The van der Waals surface area contributed by atoms with Crippen LogP contribution < -0.4 is 5.32 Å². The molecular weight excluding hydrogens is 207 g/mol. The van der Waals surface area contributed by atoms with Gasteiger partial charge in [-0.2, -0.15) is 0 Å². The van der Waals surface area contributed by atoms with Gasteiger partial charge in [-0.1, -0.05) is 6.92 Å². The third kappa shape index (κ3) is 1.97. The van der Waals surface area contributed by atoms with Crippen LogP contribution in [0.1, 0.15) is 30.1 Å². The summed E-state index contributed by atoms with van der Waals surface area (Å²) in [6.07, 6.45) is 4.30. The highest BCUT2D eigenvalue weighted by Crippen LogP contribution is 2.30. The van der Waals surface area contributed by atoms with E-state index in [4.69, 9.17) is 0 Å². The third-order valence-electron chi connectivity index (χ3n) is 3.16. The maximum atomic E-state index is 13.5. The number of halogens is 1. The van der Waals surface area contributed by atoms with Crippen LogP contribution in [0.3, 0.4) is 0 Å². The lowest BCUT2D eigenvalue weighted by Crippen LogP contribution is -2.43. The molecule has 86 valence electrons. The summed E-state index contributed by atoms with van der Waals surface area (Å²) in [5.74, 6) is -0.654. The molecular formula is C12H15FN2O. The second kappa shape index (κ2) is 4.29. The first-order valence-electron chi connectivity index (χ1n) is 5.48. The number of rotatable bonds is 2. The maximum absolute atomic E-state index is 13.5. The van der Waals surface area contributed by atoms with E-state index < -0.39 is 11.2 Å². The predicted octanol–water partition coefficient (Wildman–Crippen LogP) is 1.79. The minimum atomic E-state index is -0.528. The fraction of sp³-hybridized carbons (Fsp3) is 0.500. The van der Waals surface area contributed by atoms with Crippen LogP contribution in [-0.4, -0.2) is 23.9 Å². The lowest BCUT2D eigenvalue weighted by atomic mass is 9.76. The Morgan fingerprint density at radius 3 is 3.06 bits per heavy atom. The fourth-order valence-electron chi connectivity index (χ4n) is 2.13. The van der Waals surface area contributed by atoms with Crippen molar-refractivity contribution in [3.63, 3.8) is 0 Å². The molecule has 4 heteroatoms. The molecule has 0 saturated carbocycles. The van der Waals surface area contributed by atoms with Gasteiger partial charge in [0.1, 0.15) is 0 Å². The van der Waals surface area contributed by atoms with Gasteiger partial charge in [-0.3, -0.25) is 9.78 Å². The number of aromatic nitrogens is 1. The summed E-state index contributed by atoms with van der Waals surface area (Å²) >= 11 is 0. The Bertz CT molecular complexity index is 400. The lowest BCUT2D eigenvalue weighted by molar-refractivity contribution is 0.0768. The second-order valence-electron chi connectivity index (χ2n) is 4.53. The van der Waals surface area contributed by atoms with Gasteiger partial charge in [-0.15, -0.1) is 0 Å². The molecule has 0 spiro atoms. The average Bonchev–Trinajstić information content (AvgIpc) is 2.30. The van der Waals surface area contributed by atoms with Gasteiger partial charge in [0.25, 0.3) is 0 Å². The Balaban J connectivity index is 2.28. The number of carbonyl (C=O) groups excluding carboxylic acids is 1. The van der Waals surface area contributed by atoms with Crippen molar-refractivity contribution in [3.8, 4) is 0 Å². The van der Waals surface area contributed by atoms with Crippen molar-refractivity contribution in [2.24, 2.45) is 5.41 Å².